The molecule has 45 heavy (non-hydrogen) atoms. The van der Waals surface area contributed by atoms with E-state index in [0.717, 1.165) is 5.56 Å². The highest BCUT2D eigenvalue weighted by atomic mass is 79.9. The maximum atomic E-state index is 14.1. The number of esters is 1. The molecule has 13 heteroatoms. The van der Waals surface area contributed by atoms with Gasteiger partial charge in [0.25, 0.3) is 11.2 Å². The van der Waals surface area contributed by atoms with Crippen molar-refractivity contribution in [1.82, 2.24) is 4.57 Å². The smallest absolute Gasteiger partial charge is 0.338 e. The molecule has 1 atom stereocenters. The van der Waals surface area contributed by atoms with Crippen LogP contribution in [0.15, 0.2) is 86.2 Å². The normalized spacial score (nSPS) is 14.4. The zero-order chi connectivity index (χ0) is 32.2. The lowest BCUT2D eigenvalue weighted by Crippen LogP contribution is -2.40. The predicted molar refractivity (Wildman–Crippen MR) is 172 cm³/mol. The second-order valence-electron chi connectivity index (χ2n) is 9.82. The van der Waals surface area contributed by atoms with Crippen molar-refractivity contribution >= 4 is 45.0 Å². The van der Waals surface area contributed by atoms with Gasteiger partial charge in [-0.05, 0) is 73.0 Å². The molecule has 5 rings (SSSR count). The highest BCUT2D eigenvalue weighted by Gasteiger charge is 2.35. The number of aromatic nitrogens is 1. The minimum atomic E-state index is -0.854. The lowest BCUT2D eigenvalue weighted by Gasteiger charge is -2.26. The summed E-state index contributed by atoms with van der Waals surface area (Å²) in [6.45, 7) is 3.80. The number of nitrogens with zero attached hydrogens (tertiary/aromatic N) is 3. The second-order valence-corrected chi connectivity index (χ2v) is 11.7. The third-order valence-electron chi connectivity index (χ3n) is 7.02. The number of non-ortho nitro benzene ring substituents is 1. The molecule has 3 aromatic carbocycles. The van der Waals surface area contributed by atoms with Crippen molar-refractivity contribution in [3.63, 3.8) is 0 Å². The summed E-state index contributed by atoms with van der Waals surface area (Å²) in [5.74, 6) is 0.899. The Morgan fingerprint density at radius 2 is 1.82 bits per heavy atom. The summed E-state index contributed by atoms with van der Waals surface area (Å²) in [5, 5.41) is 10.9. The number of benzene rings is 3. The number of fused-ring (bicyclic) bond motifs is 1. The number of ether oxygens (including phenoxy) is 4. The molecule has 0 fully saturated rings. The minimum absolute atomic E-state index is 0.00695. The zero-order valence-electron chi connectivity index (χ0n) is 24.7. The molecule has 0 saturated heterocycles. The molecule has 1 aromatic heterocycles. The van der Waals surface area contributed by atoms with Crippen LogP contribution in [0.1, 0.15) is 36.6 Å². The van der Waals surface area contributed by atoms with Crippen LogP contribution in [0.5, 0.6) is 17.2 Å². The number of hydrogen-bond acceptors (Lipinski definition) is 10. The van der Waals surface area contributed by atoms with E-state index in [1.807, 2.05) is 6.07 Å². The second kappa shape index (κ2) is 13.5. The lowest BCUT2D eigenvalue weighted by molar-refractivity contribution is -0.384. The predicted octanol–water partition coefficient (Wildman–Crippen LogP) is 5.07. The molecule has 232 valence electrons. The summed E-state index contributed by atoms with van der Waals surface area (Å²) in [7, 11) is 3.04. The van der Waals surface area contributed by atoms with Crippen LogP contribution < -0.4 is 29.1 Å². The molecule has 4 aromatic rings. The fourth-order valence-electron chi connectivity index (χ4n) is 4.89. The van der Waals surface area contributed by atoms with Gasteiger partial charge in [-0.15, -0.1) is 0 Å². The first-order valence-corrected chi connectivity index (χ1v) is 15.3. The number of hydrogen-bond donors (Lipinski definition) is 0. The van der Waals surface area contributed by atoms with E-state index in [4.69, 9.17) is 18.9 Å². The third kappa shape index (κ3) is 6.54. The molecule has 2 heterocycles. The average Bonchev–Trinajstić information content (AvgIpc) is 3.33. The van der Waals surface area contributed by atoms with Gasteiger partial charge in [0.15, 0.2) is 16.3 Å². The van der Waals surface area contributed by atoms with Crippen molar-refractivity contribution < 1.29 is 28.7 Å². The van der Waals surface area contributed by atoms with Gasteiger partial charge in [0, 0.05) is 16.6 Å². The molecular weight excluding hydrogens is 666 g/mol. The van der Waals surface area contributed by atoms with Crippen LogP contribution in [0, 0.1) is 10.1 Å². The Bertz CT molecular complexity index is 2000. The fourth-order valence-corrected chi connectivity index (χ4v) is 6.48. The summed E-state index contributed by atoms with van der Waals surface area (Å²) >= 11 is 4.81. The first-order valence-electron chi connectivity index (χ1n) is 13.7. The summed E-state index contributed by atoms with van der Waals surface area (Å²) in [6.07, 6.45) is 1.74. The molecule has 11 nitrogen and oxygen atoms in total. The Balaban J connectivity index is 1.55. The van der Waals surface area contributed by atoms with Gasteiger partial charge in [0.05, 0.1) is 47.6 Å². The van der Waals surface area contributed by atoms with E-state index in [-0.39, 0.29) is 30.0 Å². The standard InChI is InChI=1S/C32H28BrN3O8S/c1-5-43-31(38)28-18(2)34-32-35(29(28)23-15-25(41-3)26(42-4)16-24(23)33)30(37)27(45-32)14-20-7-6-8-22(13-20)44-17-19-9-11-21(12-10-19)36(39)40/h6-16,29H,5,17H2,1-4H3/b27-14-/t29-/m0/s1. The number of nitro benzene ring substituents is 1. The van der Waals surface area contributed by atoms with Gasteiger partial charge < -0.3 is 18.9 Å². The number of allylic oxidation sites excluding steroid dienone is 1. The van der Waals surface area contributed by atoms with Crippen LogP contribution in [0.25, 0.3) is 6.08 Å². The van der Waals surface area contributed by atoms with Gasteiger partial charge >= 0.3 is 5.97 Å². The number of thiazole rings is 1. The summed E-state index contributed by atoms with van der Waals surface area (Å²) in [6, 6.07) is 16.0. The van der Waals surface area contributed by atoms with Crippen LogP contribution in [0.4, 0.5) is 5.69 Å². The highest BCUT2D eigenvalue weighted by Crippen LogP contribution is 2.40. The van der Waals surface area contributed by atoms with Crippen molar-refractivity contribution in [3.8, 4) is 17.2 Å². The Hall–Kier alpha value is -4.75. The number of rotatable bonds is 10. The lowest BCUT2D eigenvalue weighted by atomic mass is 9.95. The van der Waals surface area contributed by atoms with Crippen LogP contribution in [0.3, 0.4) is 0 Å². The Labute approximate surface area is 269 Å². The van der Waals surface area contributed by atoms with Gasteiger partial charge in [-0.2, -0.15) is 0 Å². The molecule has 1 aliphatic rings. The monoisotopic (exact) mass is 693 g/mol. The highest BCUT2D eigenvalue weighted by molar-refractivity contribution is 9.10. The Morgan fingerprint density at radius 3 is 2.49 bits per heavy atom. The average molecular weight is 695 g/mol. The maximum Gasteiger partial charge on any atom is 0.338 e. The topological polar surface area (TPSA) is 131 Å². The maximum absolute atomic E-state index is 14.1. The van der Waals surface area contributed by atoms with Crippen molar-refractivity contribution in [3.05, 3.63) is 123 Å². The van der Waals surface area contributed by atoms with Gasteiger partial charge in [-0.1, -0.05) is 39.4 Å². The number of carbonyl (C=O) groups excluding carboxylic acids is 1. The Kier molecular flexibility index (Phi) is 9.49. The van der Waals surface area contributed by atoms with E-state index in [0.29, 0.717) is 47.9 Å². The summed E-state index contributed by atoms with van der Waals surface area (Å²) in [5.41, 5.74) is 2.43. The van der Waals surface area contributed by atoms with Gasteiger partial charge in [-0.3, -0.25) is 19.5 Å². The molecule has 0 N–H and O–H groups in total. The number of carbonyl (C=O) groups is 1. The quantitative estimate of drug-likeness (QED) is 0.128. The largest absolute Gasteiger partial charge is 0.493 e. The van der Waals surface area contributed by atoms with E-state index in [2.05, 4.69) is 20.9 Å². The third-order valence-corrected chi connectivity index (χ3v) is 8.69. The summed E-state index contributed by atoms with van der Waals surface area (Å²) in [4.78, 5) is 42.9. The van der Waals surface area contributed by atoms with Crippen LogP contribution >= 0.6 is 27.3 Å². The molecule has 0 unspecified atom stereocenters. The first-order chi connectivity index (χ1) is 21.6. The van der Waals surface area contributed by atoms with Crippen molar-refractivity contribution in [1.29, 1.82) is 0 Å². The van der Waals surface area contributed by atoms with E-state index in [9.17, 15) is 19.7 Å². The zero-order valence-corrected chi connectivity index (χ0v) is 27.1. The molecule has 0 aliphatic carbocycles. The Morgan fingerprint density at radius 1 is 1.11 bits per heavy atom. The fraction of sp³-hybridized carbons (Fsp3) is 0.219. The van der Waals surface area contributed by atoms with Gasteiger partial charge in [0.1, 0.15) is 12.4 Å². The van der Waals surface area contributed by atoms with Crippen LogP contribution in [-0.4, -0.2) is 36.3 Å². The summed E-state index contributed by atoms with van der Waals surface area (Å²) < 4.78 is 24.8. The van der Waals surface area contributed by atoms with E-state index >= 15 is 0 Å². The van der Waals surface area contributed by atoms with E-state index in [1.165, 1.54) is 42.3 Å². The van der Waals surface area contributed by atoms with Gasteiger partial charge in [-0.25, -0.2) is 9.79 Å². The van der Waals surface area contributed by atoms with Crippen molar-refractivity contribution in [2.45, 2.75) is 26.5 Å². The van der Waals surface area contributed by atoms with E-state index < -0.39 is 16.9 Å². The first kappa shape index (κ1) is 31.7. The SMILES string of the molecule is CCOC(=O)C1=C(C)N=c2s/c(=C\c3cccc(OCc4ccc([N+](=O)[O-])cc4)c3)c(=O)n2[C@H]1c1cc(OC)c(OC)cc1Br. The van der Waals surface area contributed by atoms with Crippen LogP contribution in [0.2, 0.25) is 0 Å². The molecule has 0 saturated carbocycles. The minimum Gasteiger partial charge on any atom is -0.493 e. The van der Waals surface area contributed by atoms with E-state index in [1.54, 1.807) is 62.4 Å². The van der Waals surface area contributed by atoms with Gasteiger partial charge in [0.2, 0.25) is 0 Å². The van der Waals surface area contributed by atoms with Crippen LogP contribution in [-0.2, 0) is 16.1 Å². The molecule has 0 spiro atoms. The number of nitro groups is 1. The molecule has 1 aliphatic heterocycles. The molecule has 0 radical (unpaired) electrons. The number of methoxy groups -OCH3 is 2. The molecular formula is C32H28BrN3O8S. The van der Waals surface area contributed by atoms with Crippen molar-refractivity contribution in [2.24, 2.45) is 4.99 Å². The number of halogens is 1. The molecule has 0 bridgehead atoms. The molecule has 0 amide bonds. The van der Waals surface area contributed by atoms with Crippen molar-refractivity contribution in [2.75, 3.05) is 20.8 Å².